The number of aromatic nitrogens is 3. The van der Waals surface area contributed by atoms with Gasteiger partial charge in [-0.1, -0.05) is 29.8 Å². The van der Waals surface area contributed by atoms with Crippen LogP contribution in [0.1, 0.15) is 60.9 Å². The molecule has 0 aliphatic carbocycles. The van der Waals surface area contributed by atoms with E-state index in [0.717, 1.165) is 49.6 Å². The van der Waals surface area contributed by atoms with E-state index in [1.807, 2.05) is 43.9 Å². The Kier molecular flexibility index (Phi) is 7.86. The van der Waals surface area contributed by atoms with Crippen molar-refractivity contribution in [3.8, 4) is 0 Å². The lowest BCUT2D eigenvalue weighted by Gasteiger charge is -2.39. The van der Waals surface area contributed by atoms with Gasteiger partial charge in [0.05, 0.1) is 11.4 Å². The van der Waals surface area contributed by atoms with Crippen molar-refractivity contribution in [3.63, 3.8) is 0 Å². The summed E-state index contributed by atoms with van der Waals surface area (Å²) in [4.78, 5) is 42.7. The molecule has 3 heterocycles. The van der Waals surface area contributed by atoms with Gasteiger partial charge >= 0.3 is 0 Å². The monoisotopic (exact) mass is 500 g/mol. The molecule has 1 fully saturated rings. The van der Waals surface area contributed by atoms with Crippen LogP contribution in [-0.4, -0.2) is 51.4 Å². The van der Waals surface area contributed by atoms with Crippen LogP contribution in [0.25, 0.3) is 0 Å². The van der Waals surface area contributed by atoms with Gasteiger partial charge in [-0.25, -0.2) is 9.97 Å². The maximum absolute atomic E-state index is 13.1. The summed E-state index contributed by atoms with van der Waals surface area (Å²) in [6.45, 7) is 11.1. The fourth-order valence-electron chi connectivity index (χ4n) is 5.10. The van der Waals surface area contributed by atoms with Crippen molar-refractivity contribution in [2.24, 2.45) is 0 Å². The van der Waals surface area contributed by atoms with E-state index >= 15 is 0 Å². The summed E-state index contributed by atoms with van der Waals surface area (Å²) in [6.07, 6.45) is 5.50. The number of piperidine rings is 1. The molecule has 0 spiro atoms. The fourth-order valence-corrected chi connectivity index (χ4v) is 5.10. The number of hydrogen-bond acceptors (Lipinski definition) is 6. The molecule has 4 rings (SSSR count). The molecule has 2 aromatic heterocycles. The van der Waals surface area contributed by atoms with Crippen LogP contribution < -0.4 is 15.1 Å². The highest BCUT2D eigenvalue weighted by Crippen LogP contribution is 2.27. The van der Waals surface area contributed by atoms with Gasteiger partial charge in [-0.05, 0) is 64.7 Å². The summed E-state index contributed by atoms with van der Waals surface area (Å²) in [7, 11) is 0. The molecule has 8 nitrogen and oxygen atoms in total. The lowest BCUT2D eigenvalue weighted by atomic mass is 9.94. The molecule has 0 atom stereocenters. The van der Waals surface area contributed by atoms with Crippen molar-refractivity contribution >= 4 is 23.3 Å². The van der Waals surface area contributed by atoms with Crippen molar-refractivity contribution in [2.75, 3.05) is 22.9 Å². The molecule has 37 heavy (non-hydrogen) atoms. The Labute approximate surface area is 219 Å². The first-order valence-corrected chi connectivity index (χ1v) is 12.8. The largest absolute Gasteiger partial charge is 0.356 e. The Bertz CT molecular complexity index is 1270. The molecule has 8 heteroatoms. The summed E-state index contributed by atoms with van der Waals surface area (Å²) < 4.78 is 0. The van der Waals surface area contributed by atoms with Crippen molar-refractivity contribution in [3.05, 3.63) is 77.5 Å². The van der Waals surface area contributed by atoms with Crippen molar-refractivity contribution in [1.29, 1.82) is 0 Å². The average Bonchev–Trinajstić information content (AvgIpc) is 2.85. The third kappa shape index (κ3) is 6.50. The first-order valence-electron chi connectivity index (χ1n) is 12.8. The maximum Gasteiger partial charge on any atom is 0.270 e. The number of carbonyl (C=O) groups excluding carboxylic acids is 2. The normalized spacial score (nSPS) is 14.4. The smallest absolute Gasteiger partial charge is 0.270 e. The molecule has 0 radical (unpaired) electrons. The second-order valence-corrected chi connectivity index (χ2v) is 10.5. The van der Waals surface area contributed by atoms with Crippen LogP contribution in [0.4, 0.5) is 11.5 Å². The van der Waals surface area contributed by atoms with E-state index < -0.39 is 5.54 Å². The molecule has 0 saturated carbocycles. The predicted molar refractivity (Wildman–Crippen MR) is 146 cm³/mol. The van der Waals surface area contributed by atoms with Gasteiger partial charge in [-0.15, -0.1) is 0 Å². The number of anilines is 2. The minimum atomic E-state index is -0.436. The van der Waals surface area contributed by atoms with Gasteiger partial charge in [0.2, 0.25) is 5.91 Å². The van der Waals surface area contributed by atoms with E-state index in [2.05, 4.69) is 50.3 Å². The molecule has 194 valence electrons. The zero-order chi connectivity index (χ0) is 26.6. The molecule has 1 aromatic carbocycles. The second kappa shape index (κ2) is 11.1. The molecule has 1 aliphatic heterocycles. The third-order valence-corrected chi connectivity index (χ3v) is 6.80. The molecule has 3 aromatic rings. The quantitative estimate of drug-likeness (QED) is 0.521. The summed E-state index contributed by atoms with van der Waals surface area (Å²) in [5.74, 6) is 0.525. The molecular weight excluding hydrogens is 464 g/mol. The van der Waals surface area contributed by atoms with E-state index in [-0.39, 0.29) is 17.9 Å². The SMILES string of the molecule is CC(=O)N(c1cccnc1C)C1CCN(c2cc(C(=O)NC(C)(C)Cc3cccc(C)c3)ncn2)CC1. The predicted octanol–water partition coefficient (Wildman–Crippen LogP) is 4.26. The van der Waals surface area contributed by atoms with E-state index in [1.54, 1.807) is 19.2 Å². The second-order valence-electron chi connectivity index (χ2n) is 10.5. The Morgan fingerprint density at radius 1 is 1.05 bits per heavy atom. The average molecular weight is 501 g/mol. The first-order chi connectivity index (χ1) is 17.6. The number of rotatable bonds is 7. The maximum atomic E-state index is 13.1. The van der Waals surface area contributed by atoms with Crippen LogP contribution in [0.15, 0.2) is 55.0 Å². The molecule has 2 amide bonds. The molecular formula is C29H36N6O2. The standard InChI is InChI=1S/C29H36N6O2/c1-20-8-6-9-23(16-20)18-29(4,5)33-28(37)25-17-27(32-19-31-25)34-14-11-24(12-15-34)35(22(3)36)26-10-7-13-30-21(26)2/h6-10,13,16-17,19,24H,11-12,14-15,18H2,1-5H3,(H,33,37). The Morgan fingerprint density at radius 3 is 2.49 bits per heavy atom. The zero-order valence-electron chi connectivity index (χ0n) is 22.4. The first kappa shape index (κ1) is 26.3. The van der Waals surface area contributed by atoms with Gasteiger partial charge in [0.1, 0.15) is 17.8 Å². The van der Waals surface area contributed by atoms with E-state index in [4.69, 9.17) is 0 Å². The van der Waals surface area contributed by atoms with Gasteiger partial charge in [0.25, 0.3) is 5.91 Å². The van der Waals surface area contributed by atoms with Gasteiger partial charge in [-0.2, -0.15) is 0 Å². The number of benzene rings is 1. The van der Waals surface area contributed by atoms with Crippen molar-refractivity contribution < 1.29 is 9.59 Å². The fraction of sp³-hybridized carbons (Fsp3) is 0.414. The highest BCUT2D eigenvalue weighted by molar-refractivity contribution is 5.93. The van der Waals surface area contributed by atoms with Gasteiger partial charge in [0, 0.05) is 43.9 Å². The van der Waals surface area contributed by atoms with Crippen LogP contribution in [0, 0.1) is 13.8 Å². The molecule has 1 N–H and O–H groups in total. The lowest BCUT2D eigenvalue weighted by molar-refractivity contribution is -0.117. The highest BCUT2D eigenvalue weighted by Gasteiger charge is 2.29. The minimum Gasteiger partial charge on any atom is -0.356 e. The summed E-state index contributed by atoms with van der Waals surface area (Å²) in [6, 6.07) is 14.0. The van der Waals surface area contributed by atoms with Crippen molar-refractivity contribution in [2.45, 2.75) is 65.5 Å². The molecule has 0 bridgehead atoms. The number of nitrogens with zero attached hydrogens (tertiary/aromatic N) is 5. The van der Waals surface area contributed by atoms with Crippen LogP contribution in [0.5, 0.6) is 0 Å². The van der Waals surface area contributed by atoms with Crippen LogP contribution in [0.2, 0.25) is 0 Å². The lowest BCUT2D eigenvalue weighted by Crippen LogP contribution is -2.47. The van der Waals surface area contributed by atoms with E-state index in [1.165, 1.54) is 17.5 Å². The van der Waals surface area contributed by atoms with Crippen LogP contribution in [-0.2, 0) is 11.2 Å². The Morgan fingerprint density at radius 2 is 1.81 bits per heavy atom. The van der Waals surface area contributed by atoms with Crippen LogP contribution >= 0.6 is 0 Å². The minimum absolute atomic E-state index is 0.0174. The molecule has 1 aliphatic rings. The number of pyridine rings is 1. The topological polar surface area (TPSA) is 91.3 Å². The van der Waals surface area contributed by atoms with Gasteiger partial charge in [0.15, 0.2) is 0 Å². The highest BCUT2D eigenvalue weighted by atomic mass is 16.2. The summed E-state index contributed by atoms with van der Waals surface area (Å²) >= 11 is 0. The zero-order valence-corrected chi connectivity index (χ0v) is 22.4. The summed E-state index contributed by atoms with van der Waals surface area (Å²) in [5.41, 5.74) is 4.00. The number of amides is 2. The van der Waals surface area contributed by atoms with E-state index in [0.29, 0.717) is 5.69 Å². The van der Waals surface area contributed by atoms with Crippen LogP contribution in [0.3, 0.4) is 0 Å². The molecule has 1 saturated heterocycles. The third-order valence-electron chi connectivity index (χ3n) is 6.80. The number of carbonyl (C=O) groups is 2. The van der Waals surface area contributed by atoms with Gasteiger partial charge in [-0.3, -0.25) is 14.6 Å². The Balaban J connectivity index is 1.41. The molecule has 0 unspecified atom stereocenters. The van der Waals surface area contributed by atoms with Gasteiger partial charge < -0.3 is 15.1 Å². The number of aryl methyl sites for hydroxylation is 2. The Hall–Kier alpha value is -3.81. The van der Waals surface area contributed by atoms with E-state index in [9.17, 15) is 9.59 Å². The number of hydrogen-bond donors (Lipinski definition) is 1. The van der Waals surface area contributed by atoms with Crippen molar-refractivity contribution in [1.82, 2.24) is 20.3 Å². The summed E-state index contributed by atoms with van der Waals surface area (Å²) in [5, 5.41) is 3.13. The number of nitrogens with one attached hydrogen (secondary N) is 1.